The van der Waals surface area contributed by atoms with Crippen molar-refractivity contribution in [2.45, 2.75) is 47.5 Å². The third-order valence-electron chi connectivity index (χ3n) is 6.13. The van der Waals surface area contributed by atoms with Gasteiger partial charge in [0.15, 0.2) is 0 Å². The number of carbonyl (C=O) groups is 2. The molecule has 0 fully saturated rings. The van der Waals surface area contributed by atoms with Gasteiger partial charge in [-0.15, -0.1) is 0 Å². The second kappa shape index (κ2) is 10.5. The van der Waals surface area contributed by atoms with Gasteiger partial charge in [0.25, 0.3) is 0 Å². The number of rotatable bonds is 6. The van der Waals surface area contributed by atoms with Crippen molar-refractivity contribution in [3.05, 3.63) is 87.6 Å². The van der Waals surface area contributed by atoms with E-state index in [2.05, 4.69) is 22.4 Å². The molecule has 5 nitrogen and oxygen atoms in total. The highest BCUT2D eigenvalue weighted by Crippen LogP contribution is 2.39. The van der Waals surface area contributed by atoms with Crippen LogP contribution >= 0.6 is 11.6 Å². The van der Waals surface area contributed by atoms with Crippen molar-refractivity contribution in [3.63, 3.8) is 0 Å². The lowest BCUT2D eigenvalue weighted by Gasteiger charge is -2.17. The Balaban J connectivity index is 1.64. The van der Waals surface area contributed by atoms with Crippen LogP contribution in [0.25, 0.3) is 22.0 Å². The summed E-state index contributed by atoms with van der Waals surface area (Å²) in [6.45, 7) is 9.27. The molecule has 0 atom stereocenters. The quantitative estimate of drug-likeness (QED) is 0.223. The van der Waals surface area contributed by atoms with Gasteiger partial charge in [0.2, 0.25) is 5.91 Å². The normalized spacial score (nSPS) is 10.9. The fourth-order valence-corrected chi connectivity index (χ4v) is 4.90. The van der Waals surface area contributed by atoms with E-state index in [1.54, 1.807) is 6.20 Å². The molecule has 184 valence electrons. The number of nitrogens with zero attached hydrogens (tertiary/aromatic N) is 1. The summed E-state index contributed by atoms with van der Waals surface area (Å²) in [5.41, 5.74) is 8.14. The van der Waals surface area contributed by atoms with Crippen LogP contribution in [0.3, 0.4) is 0 Å². The van der Waals surface area contributed by atoms with Crippen molar-refractivity contribution in [1.29, 1.82) is 0 Å². The lowest BCUT2D eigenvalue weighted by molar-refractivity contribution is -0.132. The minimum absolute atomic E-state index is 0.117. The van der Waals surface area contributed by atoms with Crippen molar-refractivity contribution in [1.82, 2.24) is 4.98 Å². The summed E-state index contributed by atoms with van der Waals surface area (Å²) in [4.78, 5) is 29.1. The number of anilines is 1. The van der Waals surface area contributed by atoms with E-state index in [1.807, 2.05) is 64.1 Å². The zero-order valence-corrected chi connectivity index (χ0v) is 21.9. The Labute approximate surface area is 216 Å². The average molecular weight is 501 g/mol. The highest BCUT2D eigenvalue weighted by Gasteiger charge is 2.17. The molecule has 0 aliphatic heterocycles. The maximum Gasteiger partial charge on any atom is 0.308 e. The molecule has 0 aliphatic rings. The number of fused-ring (bicyclic) bond motifs is 1. The molecule has 4 rings (SSSR count). The largest absolute Gasteiger partial charge is 0.426 e. The van der Waals surface area contributed by atoms with Gasteiger partial charge in [-0.3, -0.25) is 14.6 Å². The van der Waals surface area contributed by atoms with Gasteiger partial charge >= 0.3 is 5.97 Å². The molecule has 1 aromatic heterocycles. The summed E-state index contributed by atoms with van der Waals surface area (Å²) >= 11 is 6.60. The second-order valence-electron chi connectivity index (χ2n) is 9.21. The van der Waals surface area contributed by atoms with Crippen LogP contribution in [0.4, 0.5) is 5.69 Å². The van der Waals surface area contributed by atoms with Crippen LogP contribution in [0.15, 0.2) is 54.7 Å². The predicted molar refractivity (Wildman–Crippen MR) is 146 cm³/mol. The van der Waals surface area contributed by atoms with E-state index >= 15 is 0 Å². The van der Waals surface area contributed by atoms with Gasteiger partial charge in [0.05, 0.1) is 17.4 Å². The zero-order valence-electron chi connectivity index (χ0n) is 21.2. The summed E-state index contributed by atoms with van der Waals surface area (Å²) in [6.07, 6.45) is 2.55. The summed E-state index contributed by atoms with van der Waals surface area (Å²) in [6, 6.07) is 15.7. The molecular formula is C30H29ClN2O3. The molecule has 4 aromatic rings. The number of carbonyl (C=O) groups excluding carboxylic acids is 2. The number of amides is 1. The molecule has 1 heterocycles. The first kappa shape index (κ1) is 25.4. The Hall–Kier alpha value is -3.70. The van der Waals surface area contributed by atoms with E-state index in [1.165, 1.54) is 6.92 Å². The monoisotopic (exact) mass is 500 g/mol. The molecule has 0 unspecified atom stereocenters. The van der Waals surface area contributed by atoms with Crippen LogP contribution in [0.5, 0.6) is 5.75 Å². The van der Waals surface area contributed by atoms with E-state index in [-0.39, 0.29) is 11.9 Å². The average Bonchev–Trinajstić information content (AvgIpc) is 2.80. The van der Waals surface area contributed by atoms with Gasteiger partial charge in [-0.1, -0.05) is 53.6 Å². The van der Waals surface area contributed by atoms with Crippen LogP contribution in [-0.2, 0) is 16.0 Å². The van der Waals surface area contributed by atoms with Crippen LogP contribution in [-0.4, -0.2) is 16.9 Å². The lowest BCUT2D eigenvalue weighted by Crippen LogP contribution is -2.14. The summed E-state index contributed by atoms with van der Waals surface area (Å²) in [5.74, 6) is 0.109. The Kier molecular flexibility index (Phi) is 7.41. The van der Waals surface area contributed by atoms with Crippen LogP contribution in [0, 0.1) is 27.7 Å². The Bertz CT molecular complexity index is 1470. The van der Waals surface area contributed by atoms with E-state index < -0.39 is 0 Å². The van der Waals surface area contributed by atoms with Crippen LogP contribution in [0.2, 0.25) is 5.02 Å². The van der Waals surface area contributed by atoms with Crippen molar-refractivity contribution < 1.29 is 14.3 Å². The molecule has 6 heteroatoms. The molecule has 1 amide bonds. The van der Waals surface area contributed by atoms with Gasteiger partial charge in [-0.2, -0.15) is 0 Å². The van der Waals surface area contributed by atoms with Crippen molar-refractivity contribution >= 4 is 40.1 Å². The third kappa shape index (κ3) is 5.42. The molecule has 0 saturated carbocycles. The van der Waals surface area contributed by atoms with Gasteiger partial charge < -0.3 is 10.1 Å². The molecule has 0 spiro atoms. The van der Waals surface area contributed by atoms with E-state index in [4.69, 9.17) is 16.3 Å². The zero-order chi connectivity index (χ0) is 26.0. The molecule has 0 aliphatic carbocycles. The molecule has 0 bridgehead atoms. The first-order chi connectivity index (χ1) is 17.1. The fourth-order valence-electron chi connectivity index (χ4n) is 4.67. The molecule has 0 saturated heterocycles. The standard InChI is InChI=1S/C30H29ClN2O3/c1-17-12-18(2)29-24(13-17)28(23-8-6-7-9-25(23)31)26(16-32-29)33-27(35)11-10-22-14-19(3)30(20(4)15-22)36-21(5)34/h6-9,12-16H,10-11H2,1-5H3,(H,33,35). The van der Waals surface area contributed by atoms with Crippen LogP contribution < -0.4 is 10.1 Å². The summed E-state index contributed by atoms with van der Waals surface area (Å²) in [5, 5.41) is 4.63. The number of aryl methyl sites for hydroxylation is 5. The maximum atomic E-state index is 13.1. The van der Waals surface area contributed by atoms with Crippen molar-refractivity contribution in [3.8, 4) is 16.9 Å². The minimum Gasteiger partial charge on any atom is -0.426 e. The first-order valence-electron chi connectivity index (χ1n) is 11.9. The fraction of sp³-hybridized carbons (Fsp3) is 0.233. The van der Waals surface area contributed by atoms with Crippen LogP contribution in [0.1, 0.15) is 41.2 Å². The number of nitrogens with one attached hydrogen (secondary N) is 1. The number of benzene rings is 3. The number of ether oxygens (including phenoxy) is 1. The Morgan fingerprint density at radius 1 is 0.972 bits per heavy atom. The van der Waals surface area contributed by atoms with Gasteiger partial charge in [-0.25, -0.2) is 0 Å². The van der Waals surface area contributed by atoms with Crippen molar-refractivity contribution in [2.75, 3.05) is 5.32 Å². The van der Waals surface area contributed by atoms with Crippen molar-refractivity contribution in [2.24, 2.45) is 0 Å². The van der Waals surface area contributed by atoms with E-state index in [0.717, 1.165) is 49.8 Å². The van der Waals surface area contributed by atoms with E-state index in [0.29, 0.717) is 29.3 Å². The first-order valence-corrected chi connectivity index (χ1v) is 12.2. The molecule has 1 N–H and O–H groups in total. The molecule has 0 radical (unpaired) electrons. The number of esters is 1. The number of pyridine rings is 1. The Morgan fingerprint density at radius 3 is 2.33 bits per heavy atom. The highest BCUT2D eigenvalue weighted by atomic mass is 35.5. The summed E-state index contributed by atoms with van der Waals surface area (Å²) < 4.78 is 5.32. The Morgan fingerprint density at radius 2 is 1.67 bits per heavy atom. The minimum atomic E-state index is -0.350. The smallest absolute Gasteiger partial charge is 0.308 e. The molecule has 3 aromatic carbocycles. The topological polar surface area (TPSA) is 68.3 Å². The second-order valence-corrected chi connectivity index (χ2v) is 9.61. The maximum absolute atomic E-state index is 13.1. The number of hydrogen-bond acceptors (Lipinski definition) is 4. The lowest BCUT2D eigenvalue weighted by atomic mass is 9.96. The van der Waals surface area contributed by atoms with Gasteiger partial charge in [-0.05, 0) is 68.5 Å². The molecular weight excluding hydrogens is 472 g/mol. The predicted octanol–water partition coefficient (Wildman–Crippen LogP) is 7.29. The number of halogens is 1. The molecule has 36 heavy (non-hydrogen) atoms. The number of aromatic nitrogens is 1. The van der Waals surface area contributed by atoms with E-state index in [9.17, 15) is 9.59 Å². The summed E-state index contributed by atoms with van der Waals surface area (Å²) in [7, 11) is 0. The van der Waals surface area contributed by atoms with Gasteiger partial charge in [0.1, 0.15) is 5.75 Å². The third-order valence-corrected chi connectivity index (χ3v) is 6.46. The number of hydrogen-bond donors (Lipinski definition) is 1. The SMILES string of the molecule is CC(=O)Oc1c(C)cc(CCC(=O)Nc2cnc3c(C)cc(C)cc3c2-c2ccccc2Cl)cc1C. The highest BCUT2D eigenvalue weighted by molar-refractivity contribution is 6.34. The van der Waals surface area contributed by atoms with Gasteiger partial charge in [0, 0.05) is 34.9 Å².